The normalized spacial score (nSPS) is 16.2. The van der Waals surface area contributed by atoms with Gasteiger partial charge < -0.3 is 5.32 Å². The van der Waals surface area contributed by atoms with Gasteiger partial charge >= 0.3 is 6.18 Å². The lowest BCUT2D eigenvalue weighted by molar-refractivity contribution is -0.137. The number of carbonyl (C=O) groups is 1. The number of hydrogen-bond acceptors (Lipinski definition) is 2. The van der Waals surface area contributed by atoms with Gasteiger partial charge in [0.05, 0.1) is 12.1 Å². The van der Waals surface area contributed by atoms with Gasteiger partial charge in [-0.05, 0) is 37.7 Å². The molecule has 1 N–H and O–H groups in total. The van der Waals surface area contributed by atoms with Crippen molar-refractivity contribution in [1.29, 1.82) is 0 Å². The van der Waals surface area contributed by atoms with E-state index >= 15 is 0 Å². The number of halogens is 3. The van der Waals surface area contributed by atoms with Gasteiger partial charge in [0.1, 0.15) is 0 Å². The molecule has 0 atom stereocenters. The molecule has 1 heterocycles. The summed E-state index contributed by atoms with van der Waals surface area (Å²) in [5.41, 5.74) is -0.584. The molecule has 1 saturated heterocycles. The minimum absolute atomic E-state index is 0.176. The third-order valence-corrected chi connectivity index (χ3v) is 2.79. The second-order valence-corrected chi connectivity index (χ2v) is 4.26. The van der Waals surface area contributed by atoms with E-state index in [4.69, 9.17) is 0 Å². The lowest BCUT2D eigenvalue weighted by Gasteiger charge is -2.29. The number of carbonyl (C=O) groups excluding carboxylic acids is 1. The van der Waals surface area contributed by atoms with Crippen LogP contribution in [0.25, 0.3) is 0 Å². The first-order valence-electron chi connectivity index (χ1n) is 5.64. The fourth-order valence-corrected chi connectivity index (χ4v) is 1.72. The van der Waals surface area contributed by atoms with Gasteiger partial charge in [0, 0.05) is 5.69 Å². The van der Waals surface area contributed by atoms with Crippen molar-refractivity contribution in [2.45, 2.75) is 12.6 Å². The van der Waals surface area contributed by atoms with Crippen LogP contribution in [-0.4, -0.2) is 30.4 Å². The average Bonchev–Trinajstić information content (AvgIpc) is 2.23. The van der Waals surface area contributed by atoms with E-state index in [1.807, 2.05) is 4.90 Å². The predicted molar refractivity (Wildman–Crippen MR) is 61.1 cm³/mol. The largest absolute Gasteiger partial charge is 0.416 e. The fourth-order valence-electron chi connectivity index (χ4n) is 1.72. The molecule has 1 fully saturated rings. The Labute approximate surface area is 103 Å². The zero-order valence-corrected chi connectivity index (χ0v) is 9.63. The number of rotatable bonds is 3. The van der Waals surface area contributed by atoms with Crippen LogP contribution in [0.2, 0.25) is 0 Å². The molecule has 1 aliphatic heterocycles. The molecule has 0 aliphatic carbocycles. The number of likely N-dealkylation sites (tertiary alicyclic amines) is 1. The van der Waals surface area contributed by atoms with Crippen LogP contribution >= 0.6 is 0 Å². The summed E-state index contributed by atoms with van der Waals surface area (Å²) in [5.74, 6) is -0.283. The maximum absolute atomic E-state index is 12.5. The van der Waals surface area contributed by atoms with Crippen LogP contribution in [0.15, 0.2) is 24.3 Å². The SMILES string of the molecule is O=C(CN1CCC1)Nc1cccc(C(F)(F)F)c1. The van der Waals surface area contributed by atoms with E-state index in [2.05, 4.69) is 5.32 Å². The van der Waals surface area contributed by atoms with Gasteiger partial charge in [0.2, 0.25) is 5.91 Å². The minimum Gasteiger partial charge on any atom is -0.325 e. The van der Waals surface area contributed by atoms with Crippen molar-refractivity contribution in [3.63, 3.8) is 0 Å². The summed E-state index contributed by atoms with van der Waals surface area (Å²) in [7, 11) is 0. The number of nitrogens with zero attached hydrogens (tertiary/aromatic N) is 1. The Morgan fingerprint density at radius 1 is 1.33 bits per heavy atom. The van der Waals surface area contributed by atoms with Crippen LogP contribution in [0.1, 0.15) is 12.0 Å². The Kier molecular flexibility index (Phi) is 3.56. The zero-order chi connectivity index (χ0) is 13.2. The van der Waals surface area contributed by atoms with Gasteiger partial charge in [-0.25, -0.2) is 0 Å². The van der Waals surface area contributed by atoms with Gasteiger partial charge in [0.15, 0.2) is 0 Å². The maximum atomic E-state index is 12.5. The number of anilines is 1. The van der Waals surface area contributed by atoms with E-state index in [-0.39, 0.29) is 18.1 Å². The van der Waals surface area contributed by atoms with E-state index in [1.165, 1.54) is 12.1 Å². The summed E-state index contributed by atoms with van der Waals surface area (Å²) in [6, 6.07) is 4.64. The van der Waals surface area contributed by atoms with E-state index < -0.39 is 11.7 Å². The molecule has 98 valence electrons. The van der Waals surface area contributed by atoms with Crippen LogP contribution in [0, 0.1) is 0 Å². The van der Waals surface area contributed by atoms with Crippen LogP contribution in [0.4, 0.5) is 18.9 Å². The second kappa shape index (κ2) is 4.97. The third kappa shape index (κ3) is 3.22. The highest BCUT2D eigenvalue weighted by molar-refractivity contribution is 5.92. The number of hydrogen-bond donors (Lipinski definition) is 1. The molecule has 2 rings (SSSR count). The lowest BCUT2D eigenvalue weighted by Crippen LogP contribution is -2.42. The van der Waals surface area contributed by atoms with Crippen molar-refractivity contribution in [2.24, 2.45) is 0 Å². The van der Waals surface area contributed by atoms with Crippen LogP contribution in [0.5, 0.6) is 0 Å². The summed E-state index contributed by atoms with van der Waals surface area (Å²) < 4.78 is 37.4. The highest BCUT2D eigenvalue weighted by Crippen LogP contribution is 2.30. The highest BCUT2D eigenvalue weighted by Gasteiger charge is 2.30. The number of amides is 1. The minimum atomic E-state index is -4.39. The molecule has 0 bridgehead atoms. The van der Waals surface area contributed by atoms with E-state index in [0.29, 0.717) is 0 Å². The molecule has 0 radical (unpaired) electrons. The summed E-state index contributed by atoms with van der Waals surface area (Å²) >= 11 is 0. The molecular formula is C12H13F3N2O. The van der Waals surface area contributed by atoms with Gasteiger partial charge in [-0.2, -0.15) is 13.2 Å². The topological polar surface area (TPSA) is 32.3 Å². The second-order valence-electron chi connectivity index (χ2n) is 4.26. The number of alkyl halides is 3. The van der Waals surface area contributed by atoms with Crippen LogP contribution < -0.4 is 5.32 Å². The summed E-state index contributed by atoms with van der Waals surface area (Å²) in [4.78, 5) is 13.5. The van der Waals surface area contributed by atoms with Crippen molar-refractivity contribution in [3.8, 4) is 0 Å². The standard InChI is InChI=1S/C12H13F3N2O/c13-12(14,15)9-3-1-4-10(7-9)16-11(18)8-17-5-2-6-17/h1,3-4,7H,2,5-6,8H2,(H,16,18). The Morgan fingerprint density at radius 2 is 2.06 bits per heavy atom. The Hall–Kier alpha value is -1.56. The Morgan fingerprint density at radius 3 is 2.61 bits per heavy atom. The van der Waals surface area contributed by atoms with Crippen molar-refractivity contribution in [2.75, 3.05) is 25.0 Å². The molecule has 0 saturated carbocycles. The maximum Gasteiger partial charge on any atom is 0.416 e. The first-order valence-corrected chi connectivity index (χ1v) is 5.64. The fraction of sp³-hybridized carbons (Fsp3) is 0.417. The molecule has 1 aromatic carbocycles. The predicted octanol–water partition coefficient (Wildman–Crippen LogP) is 2.35. The smallest absolute Gasteiger partial charge is 0.325 e. The first-order chi connectivity index (χ1) is 8.45. The van der Waals surface area contributed by atoms with Crippen molar-refractivity contribution < 1.29 is 18.0 Å². The van der Waals surface area contributed by atoms with Gasteiger partial charge in [0.25, 0.3) is 0 Å². The lowest BCUT2D eigenvalue weighted by atomic mass is 10.2. The summed E-state index contributed by atoms with van der Waals surface area (Å²) in [5, 5.41) is 2.47. The number of benzene rings is 1. The molecule has 1 amide bonds. The Balaban J connectivity index is 1.98. The zero-order valence-electron chi connectivity index (χ0n) is 9.63. The summed E-state index contributed by atoms with van der Waals surface area (Å²) in [6.07, 6.45) is -3.32. The molecule has 3 nitrogen and oxygen atoms in total. The van der Waals surface area contributed by atoms with Crippen molar-refractivity contribution in [3.05, 3.63) is 29.8 Å². The van der Waals surface area contributed by atoms with E-state index in [1.54, 1.807) is 0 Å². The number of nitrogens with one attached hydrogen (secondary N) is 1. The van der Waals surface area contributed by atoms with Gasteiger partial charge in [-0.3, -0.25) is 9.69 Å². The molecule has 0 spiro atoms. The molecule has 1 aromatic rings. The quantitative estimate of drug-likeness (QED) is 0.902. The molecular weight excluding hydrogens is 245 g/mol. The van der Waals surface area contributed by atoms with Crippen LogP contribution in [-0.2, 0) is 11.0 Å². The molecule has 0 unspecified atom stereocenters. The molecule has 1 aliphatic rings. The first kappa shape index (κ1) is 12.9. The molecule has 6 heteroatoms. The van der Waals surface area contributed by atoms with E-state index in [9.17, 15) is 18.0 Å². The monoisotopic (exact) mass is 258 g/mol. The summed E-state index contributed by atoms with van der Waals surface area (Å²) in [6.45, 7) is 1.97. The van der Waals surface area contributed by atoms with Crippen molar-refractivity contribution in [1.82, 2.24) is 4.90 Å². The van der Waals surface area contributed by atoms with Gasteiger partial charge in [-0.1, -0.05) is 6.07 Å². The highest BCUT2D eigenvalue weighted by atomic mass is 19.4. The van der Waals surface area contributed by atoms with Crippen molar-refractivity contribution >= 4 is 11.6 Å². The van der Waals surface area contributed by atoms with Gasteiger partial charge in [-0.15, -0.1) is 0 Å². The molecule has 18 heavy (non-hydrogen) atoms. The van der Waals surface area contributed by atoms with E-state index in [0.717, 1.165) is 31.6 Å². The molecule has 0 aromatic heterocycles. The average molecular weight is 258 g/mol. The third-order valence-electron chi connectivity index (χ3n) is 2.79. The van der Waals surface area contributed by atoms with Crippen LogP contribution in [0.3, 0.4) is 0 Å². The Bertz CT molecular complexity index is 441.